The maximum absolute atomic E-state index is 13.1. The van der Waals surface area contributed by atoms with Gasteiger partial charge < -0.3 is 10.2 Å². The van der Waals surface area contributed by atoms with Gasteiger partial charge in [-0.2, -0.15) is 0 Å². The zero-order chi connectivity index (χ0) is 13.5. The first-order valence-corrected chi connectivity index (χ1v) is 6.77. The number of aryl methyl sites for hydroxylation is 1. The van der Waals surface area contributed by atoms with Gasteiger partial charge in [0.2, 0.25) is 0 Å². The average Bonchev–Trinajstić information content (AvgIpc) is 2.37. The van der Waals surface area contributed by atoms with Crippen LogP contribution in [-0.4, -0.2) is 30.6 Å². The molecule has 0 aliphatic heterocycles. The van der Waals surface area contributed by atoms with Gasteiger partial charge in [-0.1, -0.05) is 26.0 Å². The van der Waals surface area contributed by atoms with Crippen LogP contribution in [0.3, 0.4) is 0 Å². The number of hydrogen-bond donors (Lipinski definition) is 1. The van der Waals surface area contributed by atoms with Crippen LogP contribution in [0.25, 0.3) is 0 Å². The quantitative estimate of drug-likeness (QED) is 0.802. The molecule has 0 aliphatic carbocycles. The molecule has 1 N–H and O–H groups in total. The highest BCUT2D eigenvalue weighted by Crippen LogP contribution is 2.09. The van der Waals surface area contributed by atoms with Crippen LogP contribution in [0.15, 0.2) is 18.2 Å². The van der Waals surface area contributed by atoms with E-state index in [1.54, 1.807) is 13.0 Å². The third-order valence-electron chi connectivity index (χ3n) is 3.30. The van der Waals surface area contributed by atoms with Crippen LogP contribution in [0.4, 0.5) is 4.39 Å². The molecule has 0 amide bonds. The molecule has 0 radical (unpaired) electrons. The molecule has 2 nitrogen and oxygen atoms in total. The number of benzene rings is 1. The molecule has 0 aromatic heterocycles. The van der Waals surface area contributed by atoms with Crippen molar-refractivity contribution in [3.8, 4) is 0 Å². The summed E-state index contributed by atoms with van der Waals surface area (Å²) in [5.74, 6) is -0.130. The Morgan fingerprint density at radius 1 is 1.28 bits per heavy atom. The van der Waals surface area contributed by atoms with Crippen LogP contribution >= 0.6 is 0 Å². The zero-order valence-corrected chi connectivity index (χ0v) is 12.0. The molecule has 0 saturated carbocycles. The molecular formula is C15H25FN2. The molecular weight excluding hydrogens is 227 g/mol. The minimum absolute atomic E-state index is 0.130. The lowest BCUT2D eigenvalue weighted by atomic mass is 10.1. The van der Waals surface area contributed by atoms with Crippen molar-refractivity contribution in [2.45, 2.75) is 40.3 Å². The Labute approximate surface area is 110 Å². The van der Waals surface area contributed by atoms with E-state index in [2.05, 4.69) is 31.0 Å². The number of hydrogen-bond acceptors (Lipinski definition) is 2. The Morgan fingerprint density at radius 2 is 1.94 bits per heavy atom. The molecule has 1 rings (SSSR count). The first kappa shape index (κ1) is 15.1. The normalized spacial score (nSPS) is 13.0. The molecule has 1 aromatic carbocycles. The van der Waals surface area contributed by atoms with Gasteiger partial charge in [0.15, 0.2) is 0 Å². The fourth-order valence-electron chi connectivity index (χ4n) is 2.04. The van der Waals surface area contributed by atoms with Crippen molar-refractivity contribution in [2.24, 2.45) is 0 Å². The summed E-state index contributed by atoms with van der Waals surface area (Å²) in [7, 11) is 0. The van der Waals surface area contributed by atoms with Gasteiger partial charge in [-0.05, 0) is 44.1 Å². The van der Waals surface area contributed by atoms with E-state index in [9.17, 15) is 4.39 Å². The molecule has 0 aliphatic rings. The van der Waals surface area contributed by atoms with E-state index in [1.165, 1.54) is 0 Å². The second-order valence-corrected chi connectivity index (χ2v) is 4.85. The molecule has 3 heteroatoms. The van der Waals surface area contributed by atoms with E-state index in [0.29, 0.717) is 11.6 Å². The summed E-state index contributed by atoms with van der Waals surface area (Å²) in [6.45, 7) is 12.4. The van der Waals surface area contributed by atoms with E-state index < -0.39 is 0 Å². The predicted molar refractivity (Wildman–Crippen MR) is 75.2 cm³/mol. The second-order valence-electron chi connectivity index (χ2n) is 4.85. The minimum atomic E-state index is -0.130. The number of nitrogens with zero attached hydrogens (tertiary/aromatic N) is 1. The third-order valence-corrected chi connectivity index (χ3v) is 3.30. The SMILES string of the molecule is CCN(CC)CC(C)NCc1ccc(F)c(C)c1. The van der Waals surface area contributed by atoms with E-state index >= 15 is 0 Å². The predicted octanol–water partition coefficient (Wildman–Crippen LogP) is 2.95. The first-order valence-electron chi connectivity index (χ1n) is 6.77. The summed E-state index contributed by atoms with van der Waals surface area (Å²) >= 11 is 0. The lowest BCUT2D eigenvalue weighted by molar-refractivity contribution is 0.270. The maximum Gasteiger partial charge on any atom is 0.126 e. The Morgan fingerprint density at radius 3 is 2.50 bits per heavy atom. The summed E-state index contributed by atoms with van der Waals surface area (Å²) in [6.07, 6.45) is 0. The summed E-state index contributed by atoms with van der Waals surface area (Å²) in [5.41, 5.74) is 1.85. The molecule has 0 heterocycles. The average molecular weight is 252 g/mol. The summed E-state index contributed by atoms with van der Waals surface area (Å²) < 4.78 is 13.1. The minimum Gasteiger partial charge on any atom is -0.309 e. The van der Waals surface area contributed by atoms with Gasteiger partial charge in [0.1, 0.15) is 5.82 Å². The van der Waals surface area contributed by atoms with Crippen molar-refractivity contribution in [3.63, 3.8) is 0 Å². The lowest BCUT2D eigenvalue weighted by Gasteiger charge is -2.23. The first-order chi connectivity index (χ1) is 8.56. The van der Waals surface area contributed by atoms with Crippen molar-refractivity contribution in [3.05, 3.63) is 35.1 Å². The molecule has 102 valence electrons. The molecule has 0 spiro atoms. The Kier molecular flexibility index (Phi) is 6.30. The van der Waals surface area contributed by atoms with Gasteiger partial charge in [-0.15, -0.1) is 0 Å². The molecule has 1 atom stereocenters. The molecule has 0 saturated heterocycles. The van der Waals surface area contributed by atoms with Crippen molar-refractivity contribution >= 4 is 0 Å². The van der Waals surface area contributed by atoms with Crippen molar-refractivity contribution in [1.82, 2.24) is 10.2 Å². The number of nitrogens with one attached hydrogen (secondary N) is 1. The van der Waals surface area contributed by atoms with E-state index in [0.717, 1.165) is 31.7 Å². The number of likely N-dealkylation sites (N-methyl/N-ethyl adjacent to an activating group) is 1. The summed E-state index contributed by atoms with van der Waals surface area (Å²) in [6, 6.07) is 5.74. The maximum atomic E-state index is 13.1. The third kappa shape index (κ3) is 4.75. The molecule has 0 bridgehead atoms. The fourth-order valence-corrected chi connectivity index (χ4v) is 2.04. The highest BCUT2D eigenvalue weighted by atomic mass is 19.1. The van der Waals surface area contributed by atoms with Gasteiger partial charge in [0, 0.05) is 19.1 Å². The highest BCUT2D eigenvalue weighted by Gasteiger charge is 2.07. The van der Waals surface area contributed by atoms with Crippen LogP contribution in [0.1, 0.15) is 31.9 Å². The Balaban J connectivity index is 2.42. The topological polar surface area (TPSA) is 15.3 Å². The van der Waals surface area contributed by atoms with Crippen molar-refractivity contribution in [2.75, 3.05) is 19.6 Å². The largest absolute Gasteiger partial charge is 0.309 e. The van der Waals surface area contributed by atoms with Gasteiger partial charge in [-0.3, -0.25) is 0 Å². The number of rotatable bonds is 7. The smallest absolute Gasteiger partial charge is 0.126 e. The summed E-state index contributed by atoms with van der Waals surface area (Å²) in [4.78, 5) is 2.40. The molecule has 1 aromatic rings. The Bertz CT molecular complexity index is 362. The molecule has 0 fully saturated rings. The van der Waals surface area contributed by atoms with Crippen LogP contribution in [0.2, 0.25) is 0 Å². The van der Waals surface area contributed by atoms with Crippen LogP contribution < -0.4 is 5.32 Å². The van der Waals surface area contributed by atoms with Gasteiger partial charge in [0.25, 0.3) is 0 Å². The lowest BCUT2D eigenvalue weighted by Crippen LogP contribution is -2.38. The number of halogens is 1. The van der Waals surface area contributed by atoms with Crippen LogP contribution in [-0.2, 0) is 6.54 Å². The van der Waals surface area contributed by atoms with E-state index in [4.69, 9.17) is 0 Å². The van der Waals surface area contributed by atoms with Gasteiger partial charge >= 0.3 is 0 Å². The van der Waals surface area contributed by atoms with Gasteiger partial charge in [-0.25, -0.2) is 4.39 Å². The molecule has 1 unspecified atom stereocenters. The monoisotopic (exact) mass is 252 g/mol. The van der Waals surface area contributed by atoms with Crippen molar-refractivity contribution < 1.29 is 4.39 Å². The molecule has 18 heavy (non-hydrogen) atoms. The van der Waals surface area contributed by atoms with Crippen LogP contribution in [0.5, 0.6) is 0 Å². The van der Waals surface area contributed by atoms with E-state index in [1.807, 2.05) is 12.1 Å². The van der Waals surface area contributed by atoms with Gasteiger partial charge in [0.05, 0.1) is 0 Å². The highest BCUT2D eigenvalue weighted by molar-refractivity contribution is 5.23. The standard InChI is InChI=1S/C15H25FN2/c1-5-18(6-2)11-13(4)17-10-14-7-8-15(16)12(3)9-14/h7-9,13,17H,5-6,10-11H2,1-4H3. The second kappa shape index (κ2) is 7.49. The van der Waals surface area contributed by atoms with E-state index in [-0.39, 0.29) is 5.82 Å². The fraction of sp³-hybridized carbons (Fsp3) is 0.600. The van der Waals surface area contributed by atoms with Crippen molar-refractivity contribution in [1.29, 1.82) is 0 Å². The zero-order valence-electron chi connectivity index (χ0n) is 12.0. The Hall–Kier alpha value is -0.930. The van der Waals surface area contributed by atoms with Crippen LogP contribution in [0, 0.1) is 12.7 Å². The summed E-state index contributed by atoms with van der Waals surface area (Å²) in [5, 5.41) is 3.48.